The van der Waals surface area contributed by atoms with E-state index in [1.165, 1.54) is 5.56 Å². The van der Waals surface area contributed by atoms with Gasteiger partial charge in [-0.25, -0.2) is 0 Å². The van der Waals surface area contributed by atoms with Crippen molar-refractivity contribution in [3.63, 3.8) is 0 Å². The molecule has 0 radical (unpaired) electrons. The first-order chi connectivity index (χ1) is 14.1. The summed E-state index contributed by atoms with van der Waals surface area (Å²) in [6.45, 7) is 10.1. The highest BCUT2D eigenvalue weighted by Crippen LogP contribution is 2.35. The lowest BCUT2D eigenvalue weighted by molar-refractivity contribution is 0.255. The molecule has 0 aliphatic carbocycles. The summed E-state index contributed by atoms with van der Waals surface area (Å²) >= 11 is 0. The van der Waals surface area contributed by atoms with Crippen molar-refractivity contribution in [1.82, 2.24) is 4.90 Å². The molecule has 2 rings (SSSR count). The third kappa shape index (κ3) is 7.11. The SMILES string of the molecule is CCN(CCCc1c(CC#N)ccc(OCC(C)C)c1OC)Cc1ccccc1. The third-order valence-electron chi connectivity index (χ3n) is 4.96. The first kappa shape index (κ1) is 22.8. The fourth-order valence-corrected chi connectivity index (χ4v) is 3.44. The Labute approximate surface area is 176 Å². The Morgan fingerprint density at radius 3 is 2.48 bits per heavy atom. The minimum Gasteiger partial charge on any atom is -0.493 e. The van der Waals surface area contributed by atoms with Gasteiger partial charge < -0.3 is 9.47 Å². The van der Waals surface area contributed by atoms with Crippen LogP contribution in [0.1, 0.15) is 43.9 Å². The molecule has 0 spiro atoms. The Bertz CT molecular complexity index is 781. The minimum atomic E-state index is 0.387. The average molecular weight is 395 g/mol. The molecule has 4 nitrogen and oxygen atoms in total. The van der Waals surface area contributed by atoms with Crippen molar-refractivity contribution in [2.24, 2.45) is 5.92 Å². The molecule has 2 aromatic rings. The van der Waals surface area contributed by atoms with Crippen molar-refractivity contribution in [3.8, 4) is 17.6 Å². The van der Waals surface area contributed by atoms with E-state index >= 15 is 0 Å². The van der Waals surface area contributed by atoms with Crippen LogP contribution >= 0.6 is 0 Å². The lowest BCUT2D eigenvalue weighted by Gasteiger charge is -2.22. The van der Waals surface area contributed by atoms with Crippen LogP contribution in [0.15, 0.2) is 42.5 Å². The van der Waals surface area contributed by atoms with E-state index in [0.29, 0.717) is 18.9 Å². The van der Waals surface area contributed by atoms with Crippen LogP contribution in [0.5, 0.6) is 11.5 Å². The highest BCUT2D eigenvalue weighted by molar-refractivity contribution is 5.51. The number of nitrogens with zero attached hydrogens (tertiary/aromatic N) is 2. The number of nitriles is 1. The van der Waals surface area contributed by atoms with Crippen LogP contribution in [0.4, 0.5) is 0 Å². The molecule has 0 saturated heterocycles. The van der Waals surface area contributed by atoms with E-state index in [4.69, 9.17) is 9.47 Å². The molecule has 0 aliphatic heterocycles. The van der Waals surface area contributed by atoms with Crippen molar-refractivity contribution >= 4 is 0 Å². The third-order valence-corrected chi connectivity index (χ3v) is 4.96. The number of methoxy groups -OCH3 is 1. The maximum absolute atomic E-state index is 9.24. The van der Waals surface area contributed by atoms with E-state index < -0.39 is 0 Å². The minimum absolute atomic E-state index is 0.387. The van der Waals surface area contributed by atoms with E-state index in [0.717, 1.165) is 55.1 Å². The molecule has 156 valence electrons. The first-order valence-corrected chi connectivity index (χ1v) is 10.5. The zero-order valence-electron chi connectivity index (χ0n) is 18.3. The molecule has 0 saturated carbocycles. The summed E-state index contributed by atoms with van der Waals surface area (Å²) in [5, 5.41) is 9.24. The van der Waals surface area contributed by atoms with Crippen LogP contribution in [0.2, 0.25) is 0 Å². The van der Waals surface area contributed by atoms with E-state index in [1.807, 2.05) is 12.1 Å². The van der Waals surface area contributed by atoms with Gasteiger partial charge in [0.15, 0.2) is 11.5 Å². The second-order valence-electron chi connectivity index (χ2n) is 7.73. The summed E-state index contributed by atoms with van der Waals surface area (Å²) < 4.78 is 11.7. The lowest BCUT2D eigenvalue weighted by atomic mass is 9.98. The Kier molecular flexibility index (Phi) is 9.53. The molecule has 2 aromatic carbocycles. The second kappa shape index (κ2) is 12.1. The standard InChI is InChI=1S/C25H34N2O2/c1-5-27(18-21-10-7-6-8-11-21)17-9-12-23-22(15-16-26)13-14-24(25(23)28-4)29-19-20(2)3/h6-8,10-11,13-14,20H,5,9,12,15,17-19H2,1-4H3. The van der Waals surface area contributed by atoms with Gasteiger partial charge in [-0.1, -0.05) is 57.2 Å². The van der Waals surface area contributed by atoms with E-state index in [-0.39, 0.29) is 0 Å². The zero-order chi connectivity index (χ0) is 21.1. The van der Waals surface area contributed by atoms with Gasteiger partial charge in [-0.2, -0.15) is 5.26 Å². The number of ether oxygens (including phenoxy) is 2. The van der Waals surface area contributed by atoms with Gasteiger partial charge in [0.2, 0.25) is 0 Å². The van der Waals surface area contributed by atoms with Crippen LogP contribution < -0.4 is 9.47 Å². The van der Waals surface area contributed by atoms with Crippen LogP contribution in [0.25, 0.3) is 0 Å². The van der Waals surface area contributed by atoms with Crippen molar-refractivity contribution in [2.75, 3.05) is 26.8 Å². The summed E-state index contributed by atoms with van der Waals surface area (Å²) in [7, 11) is 1.69. The summed E-state index contributed by atoms with van der Waals surface area (Å²) in [5.74, 6) is 2.00. The average Bonchev–Trinajstić information content (AvgIpc) is 2.73. The van der Waals surface area contributed by atoms with Gasteiger partial charge in [0.25, 0.3) is 0 Å². The molecular formula is C25H34N2O2. The van der Waals surface area contributed by atoms with Gasteiger partial charge in [-0.15, -0.1) is 0 Å². The normalized spacial score (nSPS) is 10.9. The van der Waals surface area contributed by atoms with E-state index in [1.54, 1.807) is 7.11 Å². The largest absolute Gasteiger partial charge is 0.493 e. The van der Waals surface area contributed by atoms with Gasteiger partial charge in [0, 0.05) is 12.1 Å². The summed E-state index contributed by atoms with van der Waals surface area (Å²) in [5.41, 5.74) is 3.47. The highest BCUT2D eigenvalue weighted by atomic mass is 16.5. The Morgan fingerprint density at radius 1 is 1.10 bits per heavy atom. The van der Waals surface area contributed by atoms with Gasteiger partial charge in [-0.3, -0.25) is 4.90 Å². The molecule has 0 bridgehead atoms. The predicted octanol–water partition coefficient (Wildman–Crippen LogP) is 5.25. The number of hydrogen-bond acceptors (Lipinski definition) is 4. The van der Waals surface area contributed by atoms with Gasteiger partial charge in [0.05, 0.1) is 26.2 Å². The molecule has 4 heteroatoms. The van der Waals surface area contributed by atoms with Crippen LogP contribution in [-0.4, -0.2) is 31.7 Å². The molecule has 29 heavy (non-hydrogen) atoms. The quantitative estimate of drug-likeness (QED) is 0.493. The summed E-state index contributed by atoms with van der Waals surface area (Å²) in [6.07, 6.45) is 2.26. The van der Waals surface area contributed by atoms with Gasteiger partial charge >= 0.3 is 0 Å². The predicted molar refractivity (Wildman–Crippen MR) is 118 cm³/mol. The van der Waals surface area contributed by atoms with Crippen LogP contribution in [-0.2, 0) is 19.4 Å². The van der Waals surface area contributed by atoms with Crippen LogP contribution in [0.3, 0.4) is 0 Å². The molecule has 0 fully saturated rings. The number of hydrogen-bond donors (Lipinski definition) is 0. The second-order valence-corrected chi connectivity index (χ2v) is 7.73. The molecule has 0 aliphatic rings. The maximum atomic E-state index is 9.24. The Hall–Kier alpha value is -2.51. The Balaban J connectivity index is 2.10. The van der Waals surface area contributed by atoms with Crippen LogP contribution in [0, 0.1) is 17.2 Å². The highest BCUT2D eigenvalue weighted by Gasteiger charge is 2.16. The topological polar surface area (TPSA) is 45.5 Å². The van der Waals surface area contributed by atoms with Gasteiger partial charge in [0.1, 0.15) is 0 Å². The first-order valence-electron chi connectivity index (χ1n) is 10.5. The van der Waals surface area contributed by atoms with E-state index in [9.17, 15) is 5.26 Å². The zero-order valence-corrected chi connectivity index (χ0v) is 18.3. The van der Waals surface area contributed by atoms with Crippen molar-refractivity contribution in [1.29, 1.82) is 5.26 Å². The molecule has 0 unspecified atom stereocenters. The maximum Gasteiger partial charge on any atom is 0.164 e. The number of benzene rings is 2. The van der Waals surface area contributed by atoms with Gasteiger partial charge in [-0.05, 0) is 49.0 Å². The summed E-state index contributed by atoms with van der Waals surface area (Å²) in [6, 6.07) is 16.8. The molecule has 0 amide bonds. The molecule has 0 aromatic heterocycles. The smallest absolute Gasteiger partial charge is 0.164 e. The fourth-order valence-electron chi connectivity index (χ4n) is 3.44. The van der Waals surface area contributed by atoms with Crippen molar-refractivity contribution in [3.05, 3.63) is 59.2 Å². The number of rotatable bonds is 12. The molecular weight excluding hydrogens is 360 g/mol. The summed E-state index contributed by atoms with van der Waals surface area (Å²) in [4.78, 5) is 2.45. The van der Waals surface area contributed by atoms with Crippen molar-refractivity contribution < 1.29 is 9.47 Å². The lowest BCUT2D eigenvalue weighted by Crippen LogP contribution is -2.24. The molecule has 0 N–H and O–H groups in total. The fraction of sp³-hybridized carbons (Fsp3) is 0.480. The van der Waals surface area contributed by atoms with E-state index in [2.05, 4.69) is 62.1 Å². The Morgan fingerprint density at radius 2 is 1.86 bits per heavy atom. The van der Waals surface area contributed by atoms with Crippen molar-refractivity contribution in [2.45, 2.75) is 46.6 Å². The molecule has 0 atom stereocenters. The molecule has 0 heterocycles. The monoisotopic (exact) mass is 394 g/mol.